The molecule has 5 nitrogen and oxygen atoms in total. The van der Waals surface area contributed by atoms with Gasteiger partial charge in [-0.3, -0.25) is 9.59 Å². The van der Waals surface area contributed by atoms with Crippen LogP contribution in [-0.4, -0.2) is 35.2 Å². The van der Waals surface area contributed by atoms with E-state index in [1.165, 1.54) is 19.3 Å². The van der Waals surface area contributed by atoms with Crippen LogP contribution in [0.2, 0.25) is 0 Å². The Morgan fingerprint density at radius 1 is 1.08 bits per heavy atom. The second-order valence-corrected chi connectivity index (χ2v) is 6.10. The van der Waals surface area contributed by atoms with Crippen molar-refractivity contribution < 1.29 is 19.8 Å². The molecule has 0 radical (unpaired) electrons. The lowest BCUT2D eigenvalue weighted by atomic mass is 9.93. The standard InChI is InChI=1S/C19H29NO4/c1-2-3-4-5-7-17(14-21)15-9-11-16(12-10-15)19(24)20-13-6-8-18(22)23/h9-12,17,21H,2-8,13-14H2,1H3,(H,20,24)(H,22,23). The van der Waals surface area contributed by atoms with Crippen molar-refractivity contribution in [2.45, 2.75) is 57.8 Å². The van der Waals surface area contributed by atoms with E-state index in [9.17, 15) is 14.7 Å². The predicted molar refractivity (Wildman–Crippen MR) is 94.2 cm³/mol. The van der Waals surface area contributed by atoms with Gasteiger partial charge in [-0.05, 0) is 30.5 Å². The number of amides is 1. The minimum absolute atomic E-state index is 0.0510. The van der Waals surface area contributed by atoms with Gasteiger partial charge in [-0.15, -0.1) is 0 Å². The Morgan fingerprint density at radius 3 is 2.38 bits per heavy atom. The Bertz CT molecular complexity index is 499. The number of nitrogens with one attached hydrogen (secondary N) is 1. The normalized spacial score (nSPS) is 11.9. The molecule has 0 bridgehead atoms. The van der Waals surface area contributed by atoms with Crippen molar-refractivity contribution in [2.24, 2.45) is 0 Å². The van der Waals surface area contributed by atoms with Crippen molar-refractivity contribution in [1.82, 2.24) is 5.32 Å². The van der Waals surface area contributed by atoms with Crippen molar-refractivity contribution in [3.8, 4) is 0 Å². The van der Waals surface area contributed by atoms with Gasteiger partial charge >= 0.3 is 5.97 Å². The van der Waals surface area contributed by atoms with E-state index >= 15 is 0 Å². The molecule has 1 rings (SSSR count). The van der Waals surface area contributed by atoms with Crippen LogP contribution < -0.4 is 5.32 Å². The fourth-order valence-electron chi connectivity index (χ4n) is 2.63. The number of carboxylic acid groups (broad SMARTS) is 1. The molecule has 5 heteroatoms. The first-order valence-corrected chi connectivity index (χ1v) is 8.79. The molecule has 1 aromatic carbocycles. The fourth-order valence-corrected chi connectivity index (χ4v) is 2.63. The topological polar surface area (TPSA) is 86.6 Å². The first-order chi connectivity index (χ1) is 11.6. The number of hydrogen-bond acceptors (Lipinski definition) is 3. The summed E-state index contributed by atoms with van der Waals surface area (Å²) in [7, 11) is 0. The van der Waals surface area contributed by atoms with Crippen LogP contribution in [0.4, 0.5) is 0 Å². The van der Waals surface area contributed by atoms with Gasteiger partial charge < -0.3 is 15.5 Å². The van der Waals surface area contributed by atoms with Gasteiger partial charge in [0.2, 0.25) is 0 Å². The number of carbonyl (C=O) groups is 2. The maximum Gasteiger partial charge on any atom is 0.303 e. The van der Waals surface area contributed by atoms with Gasteiger partial charge in [-0.25, -0.2) is 0 Å². The number of rotatable bonds is 12. The lowest BCUT2D eigenvalue weighted by Gasteiger charge is -2.15. The number of hydrogen-bond donors (Lipinski definition) is 3. The smallest absolute Gasteiger partial charge is 0.303 e. The Kier molecular flexibility index (Phi) is 9.77. The summed E-state index contributed by atoms with van der Waals surface area (Å²) in [6.07, 6.45) is 6.13. The van der Waals surface area contributed by atoms with Gasteiger partial charge in [0.05, 0.1) is 0 Å². The third-order valence-electron chi connectivity index (χ3n) is 4.12. The van der Waals surface area contributed by atoms with E-state index < -0.39 is 5.97 Å². The van der Waals surface area contributed by atoms with Gasteiger partial charge in [0.25, 0.3) is 5.91 Å². The zero-order valence-electron chi connectivity index (χ0n) is 14.5. The summed E-state index contributed by atoms with van der Waals surface area (Å²) < 4.78 is 0. The van der Waals surface area contributed by atoms with Gasteiger partial charge in [0.15, 0.2) is 0 Å². The van der Waals surface area contributed by atoms with Gasteiger partial charge in [-0.2, -0.15) is 0 Å². The molecule has 0 aliphatic rings. The maximum absolute atomic E-state index is 12.0. The number of benzene rings is 1. The van der Waals surface area contributed by atoms with E-state index in [1.807, 2.05) is 12.1 Å². The maximum atomic E-state index is 12.0. The van der Waals surface area contributed by atoms with Gasteiger partial charge in [0.1, 0.15) is 0 Å². The predicted octanol–water partition coefficient (Wildman–Crippen LogP) is 3.33. The highest BCUT2D eigenvalue weighted by atomic mass is 16.4. The summed E-state index contributed by atoms with van der Waals surface area (Å²) in [5.74, 6) is -0.937. The van der Waals surface area contributed by atoms with Crippen LogP contribution in [0.15, 0.2) is 24.3 Å². The van der Waals surface area contributed by atoms with Crippen molar-refractivity contribution in [3.63, 3.8) is 0 Å². The molecule has 0 saturated heterocycles. The minimum Gasteiger partial charge on any atom is -0.481 e. The summed E-state index contributed by atoms with van der Waals surface area (Å²) in [4.78, 5) is 22.4. The van der Waals surface area contributed by atoms with Crippen LogP contribution >= 0.6 is 0 Å². The number of carbonyl (C=O) groups excluding carboxylic acids is 1. The summed E-state index contributed by atoms with van der Waals surface area (Å²) in [6.45, 7) is 2.64. The zero-order valence-corrected chi connectivity index (χ0v) is 14.5. The molecule has 24 heavy (non-hydrogen) atoms. The van der Waals surface area contributed by atoms with Crippen LogP contribution in [0.3, 0.4) is 0 Å². The highest BCUT2D eigenvalue weighted by Crippen LogP contribution is 2.22. The summed E-state index contributed by atoms with van der Waals surface area (Å²) in [5, 5.41) is 20.8. The molecule has 3 N–H and O–H groups in total. The molecule has 0 heterocycles. The third kappa shape index (κ3) is 7.59. The van der Waals surface area contributed by atoms with Crippen molar-refractivity contribution in [1.29, 1.82) is 0 Å². The molecule has 1 aromatic rings. The Morgan fingerprint density at radius 2 is 1.79 bits per heavy atom. The van der Waals surface area contributed by atoms with Crippen molar-refractivity contribution >= 4 is 11.9 Å². The van der Waals surface area contributed by atoms with Crippen molar-refractivity contribution in [2.75, 3.05) is 13.2 Å². The van der Waals surface area contributed by atoms with E-state index in [1.54, 1.807) is 12.1 Å². The van der Waals surface area contributed by atoms with Crippen LogP contribution in [0.25, 0.3) is 0 Å². The largest absolute Gasteiger partial charge is 0.481 e. The molecule has 1 unspecified atom stereocenters. The summed E-state index contributed by atoms with van der Waals surface area (Å²) >= 11 is 0. The minimum atomic E-state index is -0.859. The summed E-state index contributed by atoms with van der Waals surface area (Å²) in [6, 6.07) is 7.31. The van der Waals surface area contributed by atoms with Crippen LogP contribution in [0.1, 0.15) is 73.7 Å². The Labute approximate surface area is 144 Å². The molecule has 0 aromatic heterocycles. The monoisotopic (exact) mass is 335 g/mol. The molecule has 0 saturated carbocycles. The van der Waals surface area contributed by atoms with E-state index in [0.717, 1.165) is 18.4 Å². The molecule has 134 valence electrons. The average molecular weight is 335 g/mol. The van der Waals surface area contributed by atoms with E-state index in [0.29, 0.717) is 18.5 Å². The Hall–Kier alpha value is -1.88. The average Bonchev–Trinajstić information content (AvgIpc) is 2.59. The summed E-state index contributed by atoms with van der Waals surface area (Å²) in [5.41, 5.74) is 1.60. The SMILES string of the molecule is CCCCCCC(CO)c1ccc(C(=O)NCCCC(=O)O)cc1. The van der Waals surface area contributed by atoms with Crippen LogP contribution in [0.5, 0.6) is 0 Å². The van der Waals surface area contributed by atoms with Crippen molar-refractivity contribution in [3.05, 3.63) is 35.4 Å². The van der Waals surface area contributed by atoms with E-state index in [-0.39, 0.29) is 24.9 Å². The molecule has 1 amide bonds. The van der Waals surface area contributed by atoms with Gasteiger partial charge in [0, 0.05) is 31.1 Å². The zero-order chi connectivity index (χ0) is 17.8. The first-order valence-electron chi connectivity index (χ1n) is 8.79. The molecular weight excluding hydrogens is 306 g/mol. The van der Waals surface area contributed by atoms with Crippen LogP contribution in [0, 0.1) is 0 Å². The lowest BCUT2D eigenvalue weighted by Crippen LogP contribution is -2.24. The second kappa shape index (κ2) is 11.6. The Balaban J connectivity index is 2.47. The number of aliphatic hydroxyl groups excluding tert-OH is 1. The number of aliphatic carboxylic acids is 1. The number of carboxylic acids is 1. The molecule has 0 aliphatic heterocycles. The number of unbranched alkanes of at least 4 members (excludes halogenated alkanes) is 3. The van der Waals surface area contributed by atoms with E-state index in [4.69, 9.17) is 5.11 Å². The quantitative estimate of drug-likeness (QED) is 0.511. The molecule has 0 aliphatic carbocycles. The highest BCUT2D eigenvalue weighted by Gasteiger charge is 2.12. The molecule has 0 fully saturated rings. The lowest BCUT2D eigenvalue weighted by molar-refractivity contribution is -0.137. The third-order valence-corrected chi connectivity index (χ3v) is 4.12. The number of aliphatic hydroxyl groups is 1. The fraction of sp³-hybridized carbons (Fsp3) is 0.579. The van der Waals surface area contributed by atoms with Crippen LogP contribution in [-0.2, 0) is 4.79 Å². The first kappa shape index (κ1) is 20.2. The van der Waals surface area contributed by atoms with Gasteiger partial charge in [-0.1, -0.05) is 44.7 Å². The van der Waals surface area contributed by atoms with E-state index in [2.05, 4.69) is 12.2 Å². The molecule has 1 atom stereocenters. The molecular formula is C19H29NO4. The highest BCUT2D eigenvalue weighted by molar-refractivity contribution is 5.94. The second-order valence-electron chi connectivity index (χ2n) is 6.10. The molecule has 0 spiro atoms.